The molecule has 28 heavy (non-hydrogen) atoms. The average molecular weight is 383 g/mol. The third-order valence-corrected chi connectivity index (χ3v) is 5.23. The Balaban J connectivity index is 1.56. The highest BCUT2D eigenvalue weighted by molar-refractivity contribution is 5.97. The fourth-order valence-corrected chi connectivity index (χ4v) is 3.74. The molecule has 0 saturated carbocycles. The summed E-state index contributed by atoms with van der Waals surface area (Å²) in [5, 5.41) is 21.2. The zero-order chi connectivity index (χ0) is 19.7. The van der Waals surface area contributed by atoms with E-state index in [1.54, 1.807) is 12.1 Å². The van der Waals surface area contributed by atoms with Gasteiger partial charge < -0.3 is 10.1 Å². The van der Waals surface area contributed by atoms with Crippen molar-refractivity contribution in [3.8, 4) is 5.75 Å². The van der Waals surface area contributed by atoms with E-state index in [2.05, 4.69) is 15.0 Å². The van der Waals surface area contributed by atoms with Gasteiger partial charge in [0.1, 0.15) is 0 Å². The lowest BCUT2D eigenvalue weighted by Crippen LogP contribution is -2.36. The van der Waals surface area contributed by atoms with Crippen molar-refractivity contribution < 1.29 is 10.0 Å². The molecule has 0 aliphatic carbocycles. The van der Waals surface area contributed by atoms with E-state index < -0.39 is 4.92 Å². The molecule has 1 aromatic heterocycles. The van der Waals surface area contributed by atoms with Gasteiger partial charge in [0.2, 0.25) is 0 Å². The van der Waals surface area contributed by atoms with Gasteiger partial charge in [-0.25, -0.2) is 4.98 Å². The maximum atomic E-state index is 12.6. The topological polar surface area (TPSA) is 125 Å². The Bertz CT molecular complexity index is 1010. The maximum absolute atomic E-state index is 12.6. The van der Waals surface area contributed by atoms with Crippen molar-refractivity contribution in [2.75, 3.05) is 13.1 Å². The molecule has 0 fully saturated rings. The number of phenolic OH excluding ortho intramolecular Hbond substituents is 1. The van der Waals surface area contributed by atoms with E-state index in [-0.39, 0.29) is 17.0 Å². The molecule has 9 nitrogen and oxygen atoms in total. The van der Waals surface area contributed by atoms with Crippen LogP contribution in [0.3, 0.4) is 0 Å². The number of nitro benzene ring substituents is 1. The Morgan fingerprint density at radius 2 is 2.14 bits per heavy atom. The van der Waals surface area contributed by atoms with Crippen LogP contribution in [-0.4, -0.2) is 43.7 Å². The van der Waals surface area contributed by atoms with Gasteiger partial charge in [-0.15, -0.1) is 0 Å². The van der Waals surface area contributed by atoms with Crippen LogP contribution in [0.25, 0.3) is 0 Å². The second-order valence-corrected chi connectivity index (χ2v) is 7.13. The summed E-state index contributed by atoms with van der Waals surface area (Å²) >= 11 is 0. The number of fused-ring (bicyclic) bond motifs is 1. The second-order valence-electron chi connectivity index (χ2n) is 7.13. The molecule has 0 bridgehead atoms. The second kappa shape index (κ2) is 7.51. The zero-order valence-electron chi connectivity index (χ0n) is 15.3. The predicted octanol–water partition coefficient (Wildman–Crippen LogP) is 1.92. The Labute approximate surface area is 160 Å². The van der Waals surface area contributed by atoms with E-state index in [1.165, 1.54) is 6.07 Å². The first kappa shape index (κ1) is 18.3. The molecule has 2 aromatic rings. The van der Waals surface area contributed by atoms with Crippen molar-refractivity contribution in [2.24, 2.45) is 4.99 Å². The van der Waals surface area contributed by atoms with Crippen LogP contribution in [-0.2, 0) is 19.5 Å². The summed E-state index contributed by atoms with van der Waals surface area (Å²) in [6.45, 7) is 2.13. The lowest BCUT2D eigenvalue weighted by Gasteiger charge is -2.28. The van der Waals surface area contributed by atoms with E-state index in [0.717, 1.165) is 37.2 Å². The van der Waals surface area contributed by atoms with E-state index in [0.29, 0.717) is 43.0 Å². The molecule has 4 rings (SSSR count). The fraction of sp³-hybridized carbons (Fsp3) is 0.421. The number of aliphatic imine (C=N–C) groups is 1. The summed E-state index contributed by atoms with van der Waals surface area (Å²) in [5.41, 5.74) is 2.25. The molecule has 0 radical (unpaired) electrons. The molecule has 3 heterocycles. The van der Waals surface area contributed by atoms with Crippen LogP contribution in [0, 0.1) is 10.1 Å². The van der Waals surface area contributed by atoms with Crippen molar-refractivity contribution >= 4 is 11.4 Å². The summed E-state index contributed by atoms with van der Waals surface area (Å²) in [5.74, 6) is 0.254. The van der Waals surface area contributed by atoms with Gasteiger partial charge in [-0.05, 0) is 19.3 Å². The van der Waals surface area contributed by atoms with Crippen LogP contribution >= 0.6 is 0 Å². The monoisotopic (exact) mass is 383 g/mol. The summed E-state index contributed by atoms with van der Waals surface area (Å²) < 4.78 is 0. The lowest BCUT2D eigenvalue weighted by molar-refractivity contribution is -0.385. The van der Waals surface area contributed by atoms with Gasteiger partial charge in [0.05, 0.1) is 21.9 Å². The van der Waals surface area contributed by atoms with E-state index in [9.17, 15) is 20.0 Å². The molecule has 9 heteroatoms. The van der Waals surface area contributed by atoms with E-state index in [1.807, 2.05) is 4.90 Å². The molecule has 0 atom stereocenters. The maximum Gasteiger partial charge on any atom is 0.311 e. The predicted molar refractivity (Wildman–Crippen MR) is 103 cm³/mol. The normalized spacial score (nSPS) is 17.1. The highest BCUT2D eigenvalue weighted by Gasteiger charge is 2.24. The van der Waals surface area contributed by atoms with Gasteiger partial charge in [0.15, 0.2) is 11.6 Å². The molecule has 2 aliphatic heterocycles. The number of aromatic hydroxyl groups is 1. The molecular weight excluding hydrogens is 362 g/mol. The number of H-pyrrole nitrogens is 1. The van der Waals surface area contributed by atoms with Crippen LogP contribution in [0.4, 0.5) is 5.69 Å². The van der Waals surface area contributed by atoms with Gasteiger partial charge in [-0.3, -0.25) is 24.8 Å². The Morgan fingerprint density at radius 1 is 1.29 bits per heavy atom. The molecule has 0 amide bonds. The van der Waals surface area contributed by atoms with Gasteiger partial charge in [0, 0.05) is 44.2 Å². The molecule has 2 N–H and O–H groups in total. The van der Waals surface area contributed by atoms with Gasteiger partial charge in [-0.1, -0.05) is 12.1 Å². The highest BCUT2D eigenvalue weighted by Crippen LogP contribution is 2.31. The molecule has 1 aromatic carbocycles. The van der Waals surface area contributed by atoms with Crippen LogP contribution < -0.4 is 5.56 Å². The highest BCUT2D eigenvalue weighted by atomic mass is 16.6. The number of nitrogens with zero attached hydrogens (tertiary/aromatic N) is 4. The summed E-state index contributed by atoms with van der Waals surface area (Å²) in [4.78, 5) is 37.0. The average Bonchev–Trinajstić information content (AvgIpc) is 2.70. The summed E-state index contributed by atoms with van der Waals surface area (Å²) in [6, 6.07) is 4.48. The van der Waals surface area contributed by atoms with Gasteiger partial charge in [-0.2, -0.15) is 0 Å². The number of benzene rings is 1. The number of hydrogen-bond donors (Lipinski definition) is 2. The largest absolute Gasteiger partial charge is 0.502 e. The SMILES string of the molecule is O=c1[nH]c(C2=NCCCC2)nc2c1CN(Cc1cccc([N+](=O)[O-])c1O)CC2. The molecule has 146 valence electrons. The molecular formula is C19H21N5O4. The lowest BCUT2D eigenvalue weighted by atomic mass is 10.0. The van der Waals surface area contributed by atoms with Gasteiger partial charge in [0.25, 0.3) is 5.56 Å². The van der Waals surface area contributed by atoms with Crippen LogP contribution in [0.5, 0.6) is 5.75 Å². The minimum Gasteiger partial charge on any atom is -0.502 e. The van der Waals surface area contributed by atoms with Crippen molar-refractivity contribution in [3.05, 3.63) is 61.3 Å². The zero-order valence-corrected chi connectivity index (χ0v) is 15.3. The third kappa shape index (κ3) is 3.53. The number of phenols is 1. The first-order valence-electron chi connectivity index (χ1n) is 9.36. The minimum atomic E-state index is -0.603. The van der Waals surface area contributed by atoms with Crippen molar-refractivity contribution in [1.29, 1.82) is 0 Å². The van der Waals surface area contributed by atoms with Crippen molar-refractivity contribution in [3.63, 3.8) is 0 Å². The number of hydrogen-bond acceptors (Lipinski definition) is 7. The number of rotatable bonds is 4. The molecule has 0 saturated heterocycles. The Kier molecular flexibility index (Phi) is 4.91. The Hall–Kier alpha value is -3.07. The molecule has 2 aliphatic rings. The third-order valence-electron chi connectivity index (χ3n) is 5.23. The Morgan fingerprint density at radius 3 is 2.89 bits per heavy atom. The number of aromatic amines is 1. The first-order chi connectivity index (χ1) is 13.5. The number of para-hydroxylation sites is 1. The van der Waals surface area contributed by atoms with Crippen LogP contribution in [0.15, 0.2) is 28.0 Å². The van der Waals surface area contributed by atoms with E-state index >= 15 is 0 Å². The minimum absolute atomic E-state index is 0.166. The summed E-state index contributed by atoms with van der Waals surface area (Å²) in [6.07, 6.45) is 3.56. The van der Waals surface area contributed by atoms with E-state index in [4.69, 9.17) is 0 Å². The quantitative estimate of drug-likeness (QED) is 0.614. The van der Waals surface area contributed by atoms with Crippen molar-refractivity contribution in [2.45, 2.75) is 38.8 Å². The molecule has 0 spiro atoms. The smallest absolute Gasteiger partial charge is 0.311 e. The standard InChI is InChI=1S/C19H21N5O4/c25-17-12(4-3-6-16(17)24(27)28)10-23-9-7-14-13(11-23)19(26)22-18(21-14)15-5-1-2-8-20-15/h3-4,6,25H,1-2,5,7-11H2,(H,21,22,26). The van der Waals surface area contributed by atoms with Crippen LogP contribution in [0.1, 0.15) is 41.9 Å². The first-order valence-corrected chi connectivity index (χ1v) is 9.36. The van der Waals surface area contributed by atoms with Crippen LogP contribution in [0.2, 0.25) is 0 Å². The summed E-state index contributed by atoms with van der Waals surface area (Å²) in [7, 11) is 0. The number of nitrogens with one attached hydrogen (secondary N) is 1. The fourth-order valence-electron chi connectivity index (χ4n) is 3.74. The van der Waals surface area contributed by atoms with Gasteiger partial charge >= 0.3 is 5.69 Å². The number of aromatic nitrogens is 2. The molecule has 0 unspecified atom stereocenters. The number of nitro groups is 1. The van der Waals surface area contributed by atoms with Crippen molar-refractivity contribution in [1.82, 2.24) is 14.9 Å².